The Labute approximate surface area is 156 Å². The summed E-state index contributed by atoms with van der Waals surface area (Å²) < 4.78 is 0. The predicted octanol–water partition coefficient (Wildman–Crippen LogP) is 4.75. The van der Waals surface area contributed by atoms with E-state index in [0.717, 1.165) is 39.5 Å². The SMILES string of the molecule is CC1=C2N=C(c3ccccc3Cl)c3cc(C)c(Cl)cc3NC2C=NN1. The molecule has 2 aliphatic heterocycles. The molecule has 0 saturated carbocycles. The van der Waals surface area contributed by atoms with E-state index in [2.05, 4.69) is 15.8 Å². The standard InChI is InChI=1S/C19H16Cl2N4/c1-10-7-13-16(8-15(10)21)23-17-9-22-25-11(2)18(17)24-19(13)12-5-3-4-6-14(12)20/h3-9,17,23,25H,1-2H3. The Morgan fingerprint density at radius 1 is 1.00 bits per heavy atom. The van der Waals surface area contributed by atoms with E-state index in [1.165, 1.54) is 0 Å². The number of benzene rings is 2. The van der Waals surface area contributed by atoms with Gasteiger partial charge in [0.25, 0.3) is 0 Å². The number of rotatable bonds is 1. The maximum atomic E-state index is 6.47. The van der Waals surface area contributed by atoms with Crippen LogP contribution in [0.3, 0.4) is 0 Å². The maximum absolute atomic E-state index is 6.47. The van der Waals surface area contributed by atoms with Crippen LogP contribution in [0.4, 0.5) is 5.69 Å². The van der Waals surface area contributed by atoms with E-state index >= 15 is 0 Å². The van der Waals surface area contributed by atoms with Gasteiger partial charge in [0, 0.05) is 26.9 Å². The lowest BCUT2D eigenvalue weighted by molar-refractivity contribution is 0.812. The van der Waals surface area contributed by atoms with Crippen LogP contribution in [0.15, 0.2) is 57.9 Å². The smallest absolute Gasteiger partial charge is 0.108 e. The lowest BCUT2D eigenvalue weighted by atomic mass is 9.98. The van der Waals surface area contributed by atoms with Crippen molar-refractivity contribution < 1.29 is 0 Å². The van der Waals surface area contributed by atoms with Gasteiger partial charge < -0.3 is 5.32 Å². The number of nitrogens with zero attached hydrogens (tertiary/aromatic N) is 2. The van der Waals surface area contributed by atoms with Gasteiger partial charge in [-0.1, -0.05) is 41.4 Å². The van der Waals surface area contributed by atoms with Crippen molar-refractivity contribution in [1.29, 1.82) is 0 Å². The van der Waals surface area contributed by atoms with Gasteiger partial charge in [-0.25, -0.2) is 4.99 Å². The quantitative estimate of drug-likeness (QED) is 0.760. The van der Waals surface area contributed by atoms with Gasteiger partial charge in [-0.2, -0.15) is 5.10 Å². The Morgan fingerprint density at radius 2 is 1.80 bits per heavy atom. The molecule has 0 aliphatic carbocycles. The van der Waals surface area contributed by atoms with Crippen molar-refractivity contribution >= 4 is 40.8 Å². The molecule has 0 saturated heterocycles. The number of allylic oxidation sites excluding steroid dienone is 1. The summed E-state index contributed by atoms with van der Waals surface area (Å²) in [5, 5.41) is 9.05. The Bertz CT molecular complexity index is 960. The van der Waals surface area contributed by atoms with Crippen molar-refractivity contribution in [2.45, 2.75) is 19.9 Å². The summed E-state index contributed by atoms with van der Waals surface area (Å²) in [6.45, 7) is 3.95. The van der Waals surface area contributed by atoms with Crippen LogP contribution in [-0.4, -0.2) is 18.0 Å². The number of fused-ring (bicyclic) bond motifs is 2. The average molecular weight is 371 g/mol. The highest BCUT2D eigenvalue weighted by Crippen LogP contribution is 2.34. The van der Waals surface area contributed by atoms with Crippen LogP contribution in [0, 0.1) is 6.92 Å². The minimum atomic E-state index is -0.126. The van der Waals surface area contributed by atoms with Crippen LogP contribution in [0.1, 0.15) is 23.6 Å². The van der Waals surface area contributed by atoms with Crippen molar-refractivity contribution in [1.82, 2.24) is 5.43 Å². The first-order valence-electron chi connectivity index (χ1n) is 7.95. The number of anilines is 1. The van der Waals surface area contributed by atoms with Gasteiger partial charge in [0.05, 0.1) is 23.3 Å². The molecule has 0 radical (unpaired) electrons. The third kappa shape index (κ3) is 2.81. The first kappa shape index (κ1) is 16.2. The average Bonchev–Trinajstić information content (AvgIpc) is 2.74. The van der Waals surface area contributed by atoms with E-state index in [4.69, 9.17) is 28.2 Å². The molecule has 2 aromatic carbocycles. The molecule has 2 N–H and O–H groups in total. The first-order chi connectivity index (χ1) is 12.0. The maximum Gasteiger partial charge on any atom is 0.108 e. The van der Waals surface area contributed by atoms with Gasteiger partial charge in [-0.15, -0.1) is 0 Å². The number of nitrogens with one attached hydrogen (secondary N) is 2. The fraction of sp³-hybridized carbons (Fsp3) is 0.158. The summed E-state index contributed by atoms with van der Waals surface area (Å²) in [5.41, 5.74) is 9.36. The van der Waals surface area contributed by atoms with Gasteiger partial charge in [-0.3, -0.25) is 5.43 Å². The molecule has 0 aromatic heterocycles. The van der Waals surface area contributed by atoms with Gasteiger partial charge in [0.2, 0.25) is 0 Å². The van der Waals surface area contributed by atoms with E-state index in [-0.39, 0.29) is 6.04 Å². The molecule has 0 bridgehead atoms. The van der Waals surface area contributed by atoms with Gasteiger partial charge in [0.1, 0.15) is 6.04 Å². The zero-order valence-corrected chi connectivity index (χ0v) is 15.3. The Balaban J connectivity index is 2.02. The molecular formula is C19H16Cl2N4. The lowest BCUT2D eigenvalue weighted by Crippen LogP contribution is -2.29. The van der Waals surface area contributed by atoms with Crippen molar-refractivity contribution in [3.05, 3.63) is 74.5 Å². The molecule has 2 aromatic rings. The summed E-state index contributed by atoms with van der Waals surface area (Å²) in [6, 6.07) is 11.6. The van der Waals surface area contributed by atoms with Crippen molar-refractivity contribution in [2.75, 3.05) is 5.32 Å². The number of hydrogen-bond acceptors (Lipinski definition) is 4. The fourth-order valence-corrected chi connectivity index (χ4v) is 3.42. The van der Waals surface area contributed by atoms with Crippen LogP contribution in [0.25, 0.3) is 0 Å². The fourth-order valence-electron chi connectivity index (χ4n) is 3.03. The number of aryl methyl sites for hydroxylation is 1. The topological polar surface area (TPSA) is 48.8 Å². The molecule has 0 spiro atoms. The predicted molar refractivity (Wildman–Crippen MR) is 105 cm³/mol. The Morgan fingerprint density at radius 3 is 2.60 bits per heavy atom. The lowest BCUT2D eigenvalue weighted by Gasteiger charge is -2.20. The zero-order valence-electron chi connectivity index (χ0n) is 13.8. The second kappa shape index (κ2) is 6.21. The summed E-state index contributed by atoms with van der Waals surface area (Å²) >= 11 is 12.8. The monoisotopic (exact) mass is 370 g/mol. The molecule has 126 valence electrons. The molecule has 1 atom stereocenters. The van der Waals surface area contributed by atoms with Crippen LogP contribution in [-0.2, 0) is 0 Å². The number of halogens is 2. The molecule has 6 heteroatoms. The van der Waals surface area contributed by atoms with E-state index in [9.17, 15) is 0 Å². The Kier molecular flexibility index (Phi) is 4.02. The van der Waals surface area contributed by atoms with Crippen LogP contribution < -0.4 is 10.7 Å². The largest absolute Gasteiger partial charge is 0.371 e. The van der Waals surface area contributed by atoms with E-state index in [1.807, 2.05) is 50.2 Å². The van der Waals surface area contributed by atoms with Crippen LogP contribution in [0.5, 0.6) is 0 Å². The highest BCUT2D eigenvalue weighted by molar-refractivity contribution is 6.36. The van der Waals surface area contributed by atoms with Crippen molar-refractivity contribution in [3.8, 4) is 0 Å². The third-order valence-electron chi connectivity index (χ3n) is 4.36. The summed E-state index contributed by atoms with van der Waals surface area (Å²) in [6.07, 6.45) is 1.80. The molecule has 1 unspecified atom stereocenters. The molecule has 4 nitrogen and oxygen atoms in total. The van der Waals surface area contributed by atoms with Crippen molar-refractivity contribution in [3.63, 3.8) is 0 Å². The number of hydrazone groups is 1. The molecular weight excluding hydrogens is 355 g/mol. The highest BCUT2D eigenvalue weighted by Gasteiger charge is 2.27. The molecule has 2 heterocycles. The summed E-state index contributed by atoms with van der Waals surface area (Å²) in [4.78, 5) is 4.97. The first-order valence-corrected chi connectivity index (χ1v) is 8.71. The molecule has 0 fully saturated rings. The minimum Gasteiger partial charge on any atom is -0.371 e. The molecule has 2 aliphatic rings. The van der Waals surface area contributed by atoms with Gasteiger partial charge in [0.15, 0.2) is 0 Å². The van der Waals surface area contributed by atoms with Gasteiger partial charge >= 0.3 is 0 Å². The second-order valence-corrected chi connectivity index (χ2v) is 6.92. The zero-order chi connectivity index (χ0) is 17.6. The summed E-state index contributed by atoms with van der Waals surface area (Å²) in [7, 11) is 0. The summed E-state index contributed by atoms with van der Waals surface area (Å²) in [5.74, 6) is 0. The van der Waals surface area contributed by atoms with Crippen LogP contribution in [0.2, 0.25) is 10.0 Å². The third-order valence-corrected chi connectivity index (χ3v) is 5.10. The molecule has 4 rings (SSSR count). The molecule has 25 heavy (non-hydrogen) atoms. The number of hydrogen-bond donors (Lipinski definition) is 2. The van der Waals surface area contributed by atoms with Crippen molar-refractivity contribution in [2.24, 2.45) is 10.1 Å². The normalized spacial score (nSPS) is 18.6. The van der Waals surface area contributed by atoms with E-state index in [0.29, 0.717) is 10.0 Å². The highest BCUT2D eigenvalue weighted by atomic mass is 35.5. The molecule has 0 amide bonds. The van der Waals surface area contributed by atoms with Gasteiger partial charge in [-0.05, 0) is 37.6 Å². The van der Waals surface area contributed by atoms with E-state index in [1.54, 1.807) is 6.21 Å². The minimum absolute atomic E-state index is 0.126. The van der Waals surface area contributed by atoms with Crippen LogP contribution >= 0.6 is 23.2 Å². The number of aliphatic imine (C=N–C) groups is 1. The van der Waals surface area contributed by atoms with E-state index < -0.39 is 0 Å². The Hall–Kier alpha value is -2.30. The second-order valence-electron chi connectivity index (χ2n) is 6.11.